The molecule has 2 aliphatic rings. The topological polar surface area (TPSA) is 43.8 Å². The van der Waals surface area contributed by atoms with Gasteiger partial charge in [0.25, 0.3) is 0 Å². The quantitative estimate of drug-likeness (QED) is 0.724. The molecule has 1 N–H and O–H groups in total. The van der Waals surface area contributed by atoms with Crippen molar-refractivity contribution >= 4 is 5.97 Å². The van der Waals surface area contributed by atoms with Crippen LogP contribution in [-0.2, 0) is 4.79 Å². The molecule has 2 atom stereocenters. The van der Waals surface area contributed by atoms with E-state index in [2.05, 4.69) is 17.6 Å². The predicted molar refractivity (Wildman–Crippen MR) is 57.5 cm³/mol. The Hall–Kier alpha value is -1.52. The van der Waals surface area contributed by atoms with Gasteiger partial charge in [0, 0.05) is 13.1 Å². The van der Waals surface area contributed by atoms with Crippen LogP contribution in [0.2, 0.25) is 0 Å². The highest BCUT2D eigenvalue weighted by Gasteiger charge is 2.36. The zero-order valence-corrected chi connectivity index (χ0v) is 9.19. The van der Waals surface area contributed by atoms with Crippen LogP contribution >= 0.6 is 0 Å². The number of rotatable bonds is 3. The lowest BCUT2D eigenvalue weighted by atomic mass is 10.1. The van der Waals surface area contributed by atoms with Gasteiger partial charge >= 0.3 is 5.97 Å². The van der Waals surface area contributed by atoms with Crippen molar-refractivity contribution in [2.45, 2.75) is 19.1 Å². The van der Waals surface area contributed by atoms with E-state index in [1.54, 1.807) is 4.90 Å². The number of carboxylic acids is 1. The molecule has 0 radical (unpaired) electrons. The second-order valence-electron chi connectivity index (χ2n) is 4.34. The molecule has 88 valence electrons. The summed E-state index contributed by atoms with van der Waals surface area (Å²) in [4.78, 5) is 14.3. The zero-order valence-electron chi connectivity index (χ0n) is 9.19. The first kappa shape index (κ1) is 11.0. The van der Waals surface area contributed by atoms with Gasteiger partial charge in [0.1, 0.15) is 0 Å². The average molecular weight is 226 g/mol. The standard InChI is InChI=1S/C11H15FN2O2/c1-7-3-9-5-13(4-7)8(2)14(9)6-10(12)11(15)16/h3,9-10H,2,4-6H2,1H3,(H,15,16). The van der Waals surface area contributed by atoms with Crippen LogP contribution in [-0.4, -0.2) is 52.7 Å². The second-order valence-corrected chi connectivity index (χ2v) is 4.34. The van der Waals surface area contributed by atoms with Crippen LogP contribution in [0.1, 0.15) is 6.92 Å². The number of carboxylic acid groups (broad SMARTS) is 1. The molecule has 0 aromatic rings. The first-order valence-electron chi connectivity index (χ1n) is 5.23. The molecule has 1 fully saturated rings. The minimum atomic E-state index is -1.86. The Labute approximate surface area is 93.6 Å². The molecule has 16 heavy (non-hydrogen) atoms. The molecule has 2 bridgehead atoms. The van der Waals surface area contributed by atoms with Crippen molar-refractivity contribution in [1.82, 2.24) is 9.80 Å². The van der Waals surface area contributed by atoms with Crippen molar-refractivity contribution in [2.24, 2.45) is 0 Å². The average Bonchev–Trinajstić information content (AvgIpc) is 2.42. The lowest BCUT2D eigenvalue weighted by Crippen LogP contribution is -2.36. The van der Waals surface area contributed by atoms with Crippen LogP contribution in [0, 0.1) is 0 Å². The summed E-state index contributed by atoms with van der Waals surface area (Å²) in [7, 11) is 0. The lowest BCUT2D eigenvalue weighted by molar-refractivity contribution is -0.143. The van der Waals surface area contributed by atoms with Crippen LogP contribution in [0.5, 0.6) is 0 Å². The van der Waals surface area contributed by atoms with E-state index < -0.39 is 12.1 Å². The summed E-state index contributed by atoms with van der Waals surface area (Å²) >= 11 is 0. The number of halogens is 1. The molecule has 0 amide bonds. The number of fused-ring (bicyclic) bond motifs is 2. The Morgan fingerprint density at radius 1 is 1.81 bits per heavy atom. The summed E-state index contributed by atoms with van der Waals surface area (Å²) in [5.74, 6) is -0.688. The van der Waals surface area contributed by atoms with E-state index >= 15 is 0 Å². The van der Waals surface area contributed by atoms with Crippen molar-refractivity contribution in [3.05, 3.63) is 24.0 Å². The summed E-state index contributed by atoms with van der Waals surface area (Å²) in [6.07, 6.45) is 0.203. The maximum absolute atomic E-state index is 13.2. The van der Waals surface area contributed by atoms with E-state index in [1.165, 1.54) is 5.57 Å². The van der Waals surface area contributed by atoms with Gasteiger partial charge in [-0.3, -0.25) is 0 Å². The SMILES string of the molecule is C=C1N2CC(C)=CC(C2)N1CC(F)C(=O)O. The van der Waals surface area contributed by atoms with Gasteiger partial charge in [-0.1, -0.05) is 18.2 Å². The monoisotopic (exact) mass is 226 g/mol. The Morgan fingerprint density at radius 3 is 3.12 bits per heavy atom. The van der Waals surface area contributed by atoms with E-state index in [0.717, 1.165) is 18.9 Å². The summed E-state index contributed by atoms with van der Waals surface area (Å²) < 4.78 is 13.2. The van der Waals surface area contributed by atoms with Crippen molar-refractivity contribution in [3.8, 4) is 0 Å². The maximum Gasteiger partial charge on any atom is 0.340 e. The predicted octanol–water partition coefficient (Wildman–Crippen LogP) is 0.826. The number of hydrogen-bond acceptors (Lipinski definition) is 3. The van der Waals surface area contributed by atoms with Gasteiger partial charge in [0.05, 0.1) is 18.4 Å². The van der Waals surface area contributed by atoms with Gasteiger partial charge in [-0.25, -0.2) is 9.18 Å². The fraction of sp³-hybridized carbons (Fsp3) is 0.545. The van der Waals surface area contributed by atoms with Crippen molar-refractivity contribution < 1.29 is 14.3 Å². The number of nitrogens with zero attached hydrogens (tertiary/aromatic N) is 2. The Morgan fingerprint density at radius 2 is 2.50 bits per heavy atom. The first-order chi connectivity index (χ1) is 7.49. The third-order valence-corrected chi connectivity index (χ3v) is 3.05. The van der Waals surface area contributed by atoms with Gasteiger partial charge in [0.2, 0.25) is 6.17 Å². The Bertz CT molecular complexity index is 367. The van der Waals surface area contributed by atoms with E-state index in [-0.39, 0.29) is 12.6 Å². The molecular weight excluding hydrogens is 211 g/mol. The molecule has 1 saturated heterocycles. The maximum atomic E-state index is 13.2. The number of carbonyl (C=O) groups is 1. The van der Waals surface area contributed by atoms with Gasteiger partial charge in [-0.2, -0.15) is 0 Å². The minimum Gasteiger partial charge on any atom is -0.479 e. The summed E-state index contributed by atoms with van der Waals surface area (Å²) in [5, 5.41) is 8.56. The smallest absolute Gasteiger partial charge is 0.340 e. The normalized spacial score (nSPS) is 25.8. The molecular formula is C11H15FN2O2. The molecule has 0 spiro atoms. The third-order valence-electron chi connectivity index (χ3n) is 3.05. The summed E-state index contributed by atoms with van der Waals surface area (Å²) in [5.41, 5.74) is 1.21. The van der Waals surface area contributed by atoms with Crippen molar-refractivity contribution in [2.75, 3.05) is 19.6 Å². The van der Waals surface area contributed by atoms with E-state index in [4.69, 9.17) is 5.11 Å². The number of hydrogen-bond donors (Lipinski definition) is 1. The number of aliphatic carboxylic acids is 1. The largest absolute Gasteiger partial charge is 0.479 e. The van der Waals surface area contributed by atoms with Crippen LogP contribution in [0.3, 0.4) is 0 Å². The van der Waals surface area contributed by atoms with Crippen LogP contribution in [0.15, 0.2) is 24.0 Å². The molecule has 0 aromatic carbocycles. The van der Waals surface area contributed by atoms with Crippen LogP contribution in [0.4, 0.5) is 4.39 Å². The fourth-order valence-electron chi connectivity index (χ4n) is 2.28. The molecule has 2 aliphatic heterocycles. The van der Waals surface area contributed by atoms with Crippen molar-refractivity contribution in [3.63, 3.8) is 0 Å². The fourth-order valence-corrected chi connectivity index (χ4v) is 2.28. The number of alkyl halides is 1. The summed E-state index contributed by atoms with van der Waals surface area (Å²) in [6, 6.07) is 0.0684. The van der Waals surface area contributed by atoms with Gasteiger partial charge in [-0.15, -0.1) is 0 Å². The third kappa shape index (κ3) is 1.77. The molecule has 0 aliphatic carbocycles. The minimum absolute atomic E-state index is 0.0684. The van der Waals surface area contributed by atoms with Gasteiger partial charge < -0.3 is 14.9 Å². The highest BCUT2D eigenvalue weighted by atomic mass is 19.1. The van der Waals surface area contributed by atoms with Crippen LogP contribution < -0.4 is 0 Å². The molecule has 0 saturated carbocycles. The zero-order chi connectivity index (χ0) is 11.9. The molecule has 2 heterocycles. The van der Waals surface area contributed by atoms with E-state index in [0.29, 0.717) is 0 Å². The lowest BCUT2D eigenvalue weighted by Gasteiger charge is -2.24. The molecule has 4 nitrogen and oxygen atoms in total. The van der Waals surface area contributed by atoms with Gasteiger partial charge in [0.15, 0.2) is 0 Å². The van der Waals surface area contributed by atoms with Crippen LogP contribution in [0.25, 0.3) is 0 Å². The van der Waals surface area contributed by atoms with E-state index in [9.17, 15) is 9.18 Å². The highest BCUT2D eigenvalue weighted by Crippen LogP contribution is 2.29. The highest BCUT2D eigenvalue weighted by molar-refractivity contribution is 5.72. The van der Waals surface area contributed by atoms with E-state index in [1.807, 2.05) is 6.92 Å². The Kier molecular flexibility index (Phi) is 2.61. The molecule has 2 unspecified atom stereocenters. The molecule has 0 aromatic heterocycles. The first-order valence-corrected chi connectivity index (χ1v) is 5.23. The molecule has 2 rings (SSSR count). The summed E-state index contributed by atoms with van der Waals surface area (Å²) in [6.45, 7) is 7.35. The van der Waals surface area contributed by atoms with Crippen molar-refractivity contribution in [1.29, 1.82) is 0 Å². The second kappa shape index (κ2) is 3.81. The Balaban J connectivity index is 2.11. The van der Waals surface area contributed by atoms with Gasteiger partial charge in [-0.05, 0) is 6.92 Å². The molecule has 5 heteroatoms.